The highest BCUT2D eigenvalue weighted by Crippen LogP contribution is 2.61. The Morgan fingerprint density at radius 2 is 2.27 bits per heavy atom. The Morgan fingerprint density at radius 1 is 1.53 bits per heavy atom. The summed E-state index contributed by atoms with van der Waals surface area (Å²) in [6.45, 7) is 1.03. The Kier molecular flexibility index (Phi) is 3.59. The van der Waals surface area contributed by atoms with Crippen LogP contribution in [0.2, 0.25) is 0 Å². The Bertz CT molecular complexity index is 344. The molecule has 0 amide bonds. The van der Waals surface area contributed by atoms with Crippen molar-refractivity contribution in [3.63, 3.8) is 0 Å². The smallest absolute Gasteiger partial charge is 0.307 e. The van der Waals surface area contributed by atoms with E-state index in [9.17, 15) is 4.57 Å². The molecule has 2 heterocycles. The van der Waals surface area contributed by atoms with Crippen molar-refractivity contribution in [3.8, 4) is 0 Å². The summed E-state index contributed by atoms with van der Waals surface area (Å²) in [6.07, 6.45) is 0.810. The first-order valence-corrected chi connectivity index (χ1v) is 7.40. The molecule has 0 saturated carbocycles. The van der Waals surface area contributed by atoms with Gasteiger partial charge in [-0.15, -0.1) is 0 Å². The summed E-state index contributed by atoms with van der Waals surface area (Å²) in [7, 11) is -1.25. The third-order valence-corrected chi connectivity index (χ3v) is 5.25. The molecule has 0 aromatic carbocycles. The molecule has 1 aromatic rings. The molecule has 15 heavy (non-hydrogen) atoms. The highest BCUT2D eigenvalue weighted by Gasteiger charge is 2.38. The van der Waals surface area contributed by atoms with Crippen molar-refractivity contribution in [2.75, 3.05) is 20.3 Å². The fourth-order valence-electron chi connectivity index (χ4n) is 1.57. The van der Waals surface area contributed by atoms with Gasteiger partial charge in [-0.05, 0) is 35.9 Å². The van der Waals surface area contributed by atoms with E-state index in [1.165, 1.54) is 0 Å². The summed E-state index contributed by atoms with van der Waals surface area (Å²) in [5.41, 5.74) is 0.965. The predicted molar refractivity (Wildman–Crippen MR) is 60.2 cm³/mol. The molecule has 0 spiro atoms. The van der Waals surface area contributed by atoms with E-state index in [4.69, 9.17) is 9.05 Å². The maximum atomic E-state index is 12.4. The summed E-state index contributed by atoms with van der Waals surface area (Å²) >= 11 is 1.57. The number of thiophene rings is 1. The third kappa shape index (κ3) is 2.32. The van der Waals surface area contributed by atoms with Crippen molar-refractivity contribution in [1.82, 2.24) is 5.32 Å². The van der Waals surface area contributed by atoms with E-state index in [-0.39, 0.29) is 5.78 Å². The zero-order valence-corrected chi connectivity index (χ0v) is 10.2. The van der Waals surface area contributed by atoms with Crippen molar-refractivity contribution in [2.45, 2.75) is 12.2 Å². The molecule has 0 bridgehead atoms. The lowest BCUT2D eigenvalue weighted by atomic mass is 10.3. The van der Waals surface area contributed by atoms with Gasteiger partial charge in [0.05, 0.1) is 13.2 Å². The largest absolute Gasteiger partial charge is 0.351 e. The lowest BCUT2D eigenvalue weighted by molar-refractivity contribution is 0.138. The number of nitrogens with one attached hydrogen (secondary N) is 1. The van der Waals surface area contributed by atoms with Crippen LogP contribution in [-0.4, -0.2) is 20.3 Å². The lowest BCUT2D eigenvalue weighted by Crippen LogP contribution is -2.22. The van der Waals surface area contributed by atoms with E-state index in [1.54, 1.807) is 18.4 Å². The van der Waals surface area contributed by atoms with Gasteiger partial charge >= 0.3 is 7.60 Å². The van der Waals surface area contributed by atoms with Crippen LogP contribution >= 0.6 is 18.9 Å². The van der Waals surface area contributed by atoms with Gasteiger partial charge in [-0.25, -0.2) is 0 Å². The van der Waals surface area contributed by atoms with Crippen LogP contribution < -0.4 is 5.32 Å². The van der Waals surface area contributed by atoms with Gasteiger partial charge in [0, 0.05) is 0 Å². The van der Waals surface area contributed by atoms with Gasteiger partial charge in [0.1, 0.15) is 5.78 Å². The van der Waals surface area contributed by atoms with Crippen LogP contribution in [0.1, 0.15) is 17.8 Å². The quantitative estimate of drug-likeness (QED) is 0.834. The molecule has 1 aromatic heterocycles. The molecular formula is C9H14NO3PS. The molecule has 0 aliphatic carbocycles. The molecule has 1 N–H and O–H groups in total. The van der Waals surface area contributed by atoms with Crippen LogP contribution in [0, 0.1) is 0 Å². The van der Waals surface area contributed by atoms with Crippen LogP contribution in [0.3, 0.4) is 0 Å². The Hall–Kier alpha value is -0.190. The zero-order chi connectivity index (χ0) is 10.7. The molecule has 1 aliphatic rings. The molecule has 1 atom stereocenters. The highest BCUT2D eigenvalue weighted by atomic mass is 32.1. The predicted octanol–water partition coefficient (Wildman–Crippen LogP) is 2.60. The van der Waals surface area contributed by atoms with Crippen molar-refractivity contribution in [1.29, 1.82) is 0 Å². The summed E-state index contributed by atoms with van der Waals surface area (Å²) in [5, 5.41) is 6.92. The molecule has 2 rings (SSSR count). The van der Waals surface area contributed by atoms with E-state index < -0.39 is 7.60 Å². The third-order valence-electron chi connectivity index (χ3n) is 2.28. The monoisotopic (exact) mass is 247 g/mol. The Morgan fingerprint density at radius 3 is 2.80 bits per heavy atom. The Balaban J connectivity index is 2.22. The number of hydrogen-bond donors (Lipinski definition) is 1. The first-order chi connectivity index (χ1) is 7.26. The van der Waals surface area contributed by atoms with E-state index >= 15 is 0 Å². The maximum absolute atomic E-state index is 12.4. The van der Waals surface area contributed by atoms with Crippen LogP contribution in [0.5, 0.6) is 0 Å². The van der Waals surface area contributed by atoms with Gasteiger partial charge in [0.15, 0.2) is 0 Å². The molecule has 1 saturated heterocycles. The minimum absolute atomic E-state index is 0.343. The first-order valence-electron chi connectivity index (χ1n) is 4.84. The van der Waals surface area contributed by atoms with E-state index in [2.05, 4.69) is 5.32 Å². The van der Waals surface area contributed by atoms with Gasteiger partial charge in [0.25, 0.3) is 0 Å². The summed E-state index contributed by atoms with van der Waals surface area (Å²) in [4.78, 5) is 0. The van der Waals surface area contributed by atoms with Crippen molar-refractivity contribution >= 4 is 18.9 Å². The van der Waals surface area contributed by atoms with Crippen LogP contribution in [0.25, 0.3) is 0 Å². The summed E-state index contributed by atoms with van der Waals surface area (Å²) in [5.74, 6) is -0.343. The standard InChI is InChI=1S/C9H14NO3PS/c1-10-9(8-3-6-15-7-8)14(11)12-4-2-5-13-14/h3,6-7,9-10H,2,4-5H2,1H3. The topological polar surface area (TPSA) is 47.6 Å². The second kappa shape index (κ2) is 4.76. The van der Waals surface area contributed by atoms with Gasteiger partial charge in [0.2, 0.25) is 0 Å². The fourth-order valence-corrected chi connectivity index (χ4v) is 4.34. The van der Waals surface area contributed by atoms with Gasteiger partial charge in [-0.3, -0.25) is 4.57 Å². The fraction of sp³-hybridized carbons (Fsp3) is 0.556. The van der Waals surface area contributed by atoms with Gasteiger partial charge < -0.3 is 14.4 Å². The molecule has 1 fully saturated rings. The average molecular weight is 247 g/mol. The number of rotatable bonds is 3. The maximum Gasteiger partial charge on any atom is 0.351 e. The molecular weight excluding hydrogens is 233 g/mol. The number of hydrogen-bond acceptors (Lipinski definition) is 5. The molecule has 1 aliphatic heterocycles. The van der Waals surface area contributed by atoms with Crippen LogP contribution in [0.15, 0.2) is 16.8 Å². The minimum Gasteiger partial charge on any atom is -0.307 e. The van der Waals surface area contributed by atoms with Crippen molar-refractivity contribution in [2.24, 2.45) is 0 Å². The van der Waals surface area contributed by atoms with E-state index in [0.29, 0.717) is 13.2 Å². The molecule has 6 heteroatoms. The van der Waals surface area contributed by atoms with Crippen LogP contribution in [-0.2, 0) is 13.6 Å². The van der Waals surface area contributed by atoms with Crippen molar-refractivity contribution in [3.05, 3.63) is 22.4 Å². The van der Waals surface area contributed by atoms with E-state index in [1.807, 2.05) is 16.8 Å². The average Bonchev–Trinajstić information content (AvgIpc) is 2.73. The molecule has 1 unspecified atom stereocenters. The second-order valence-corrected chi connectivity index (χ2v) is 6.20. The SMILES string of the molecule is CNC(c1ccsc1)P1(=O)OCCCO1. The minimum atomic E-state index is -3.02. The summed E-state index contributed by atoms with van der Waals surface area (Å²) < 4.78 is 23.0. The van der Waals surface area contributed by atoms with Crippen LogP contribution in [0.4, 0.5) is 0 Å². The summed E-state index contributed by atoms with van der Waals surface area (Å²) in [6, 6.07) is 1.94. The van der Waals surface area contributed by atoms with Crippen molar-refractivity contribution < 1.29 is 13.6 Å². The van der Waals surface area contributed by atoms with Gasteiger partial charge in [-0.1, -0.05) is 0 Å². The highest BCUT2D eigenvalue weighted by molar-refractivity contribution is 7.54. The zero-order valence-electron chi connectivity index (χ0n) is 8.51. The normalized spacial score (nSPS) is 22.5. The molecule has 0 radical (unpaired) electrons. The van der Waals surface area contributed by atoms with E-state index in [0.717, 1.165) is 12.0 Å². The molecule has 4 nitrogen and oxygen atoms in total. The molecule has 84 valence electrons. The Labute approximate surface area is 93.1 Å². The second-order valence-electron chi connectivity index (χ2n) is 3.31. The van der Waals surface area contributed by atoms with Gasteiger partial charge in [-0.2, -0.15) is 11.3 Å². The first kappa shape index (κ1) is 11.3. The lowest BCUT2D eigenvalue weighted by Gasteiger charge is -2.29.